The van der Waals surface area contributed by atoms with Crippen molar-refractivity contribution in [2.24, 2.45) is 5.14 Å². The number of hydrogen-bond acceptors (Lipinski definition) is 3. The largest absolute Gasteiger partial charge is 0.488 e. The predicted molar refractivity (Wildman–Crippen MR) is 83.1 cm³/mol. The molecule has 0 radical (unpaired) electrons. The van der Waals surface area contributed by atoms with Crippen molar-refractivity contribution in [1.29, 1.82) is 0 Å². The maximum atomic E-state index is 11.4. The van der Waals surface area contributed by atoms with Crippen molar-refractivity contribution in [1.82, 2.24) is 0 Å². The van der Waals surface area contributed by atoms with Gasteiger partial charge in [0.15, 0.2) is 0 Å². The molecule has 0 fully saturated rings. The number of rotatable bonds is 4. The summed E-state index contributed by atoms with van der Waals surface area (Å²) in [6.45, 7) is 3.93. The SMILES string of the molecule is Cc1cc(S(N)(=O)=O)cc(C)c1OCc1cccc(Cl)c1. The lowest BCUT2D eigenvalue weighted by atomic mass is 10.1. The van der Waals surface area contributed by atoms with Crippen LogP contribution in [-0.2, 0) is 16.6 Å². The Labute approximate surface area is 129 Å². The summed E-state index contributed by atoms with van der Waals surface area (Å²) in [6, 6.07) is 10.4. The topological polar surface area (TPSA) is 69.4 Å². The lowest BCUT2D eigenvalue weighted by molar-refractivity contribution is 0.301. The first-order valence-electron chi connectivity index (χ1n) is 6.28. The molecule has 6 heteroatoms. The van der Waals surface area contributed by atoms with E-state index in [1.807, 2.05) is 18.2 Å². The fraction of sp³-hybridized carbons (Fsp3) is 0.200. The van der Waals surface area contributed by atoms with E-state index < -0.39 is 10.0 Å². The van der Waals surface area contributed by atoms with E-state index in [1.54, 1.807) is 19.9 Å². The van der Waals surface area contributed by atoms with Gasteiger partial charge in [-0.25, -0.2) is 13.6 Å². The smallest absolute Gasteiger partial charge is 0.238 e. The van der Waals surface area contributed by atoms with Gasteiger partial charge in [-0.05, 0) is 54.8 Å². The summed E-state index contributed by atoms with van der Waals surface area (Å²) >= 11 is 5.92. The Balaban J connectivity index is 2.25. The highest BCUT2D eigenvalue weighted by atomic mass is 35.5. The van der Waals surface area contributed by atoms with Gasteiger partial charge in [-0.3, -0.25) is 0 Å². The monoisotopic (exact) mass is 325 g/mol. The molecule has 2 aromatic rings. The Morgan fingerprint density at radius 2 is 1.76 bits per heavy atom. The minimum Gasteiger partial charge on any atom is -0.488 e. The molecule has 0 unspecified atom stereocenters. The van der Waals surface area contributed by atoms with Crippen molar-refractivity contribution in [3.05, 3.63) is 58.1 Å². The van der Waals surface area contributed by atoms with Crippen LogP contribution in [-0.4, -0.2) is 8.42 Å². The second-order valence-electron chi connectivity index (χ2n) is 4.85. The van der Waals surface area contributed by atoms with Gasteiger partial charge in [-0.15, -0.1) is 0 Å². The van der Waals surface area contributed by atoms with Gasteiger partial charge in [0, 0.05) is 5.02 Å². The third kappa shape index (κ3) is 3.97. The second-order valence-corrected chi connectivity index (χ2v) is 6.85. The van der Waals surface area contributed by atoms with Crippen LogP contribution in [0.25, 0.3) is 0 Å². The zero-order valence-corrected chi connectivity index (χ0v) is 13.3. The average Bonchev–Trinajstić information content (AvgIpc) is 2.36. The number of benzene rings is 2. The molecule has 2 aromatic carbocycles. The first-order chi connectivity index (χ1) is 9.77. The molecule has 0 bridgehead atoms. The van der Waals surface area contributed by atoms with Gasteiger partial charge in [0.1, 0.15) is 12.4 Å². The molecule has 0 atom stereocenters. The summed E-state index contributed by atoms with van der Waals surface area (Å²) in [5.41, 5.74) is 2.39. The van der Waals surface area contributed by atoms with E-state index >= 15 is 0 Å². The van der Waals surface area contributed by atoms with Gasteiger partial charge < -0.3 is 4.74 Å². The van der Waals surface area contributed by atoms with E-state index in [4.69, 9.17) is 21.5 Å². The first kappa shape index (κ1) is 15.8. The van der Waals surface area contributed by atoms with Crippen LogP contribution in [0.5, 0.6) is 5.75 Å². The fourth-order valence-electron chi connectivity index (χ4n) is 2.08. The summed E-state index contributed by atoms with van der Waals surface area (Å²) in [6.07, 6.45) is 0. The number of sulfonamides is 1. The Bertz CT molecular complexity index is 749. The molecule has 0 saturated carbocycles. The van der Waals surface area contributed by atoms with E-state index in [1.165, 1.54) is 12.1 Å². The van der Waals surface area contributed by atoms with Crippen molar-refractivity contribution in [2.45, 2.75) is 25.3 Å². The predicted octanol–water partition coefficient (Wildman–Crippen LogP) is 3.18. The molecular weight excluding hydrogens is 310 g/mol. The number of ether oxygens (including phenoxy) is 1. The van der Waals surface area contributed by atoms with Crippen molar-refractivity contribution < 1.29 is 13.2 Å². The number of primary sulfonamides is 1. The lowest BCUT2D eigenvalue weighted by Crippen LogP contribution is -2.13. The van der Waals surface area contributed by atoms with E-state index in [-0.39, 0.29) is 4.90 Å². The molecule has 21 heavy (non-hydrogen) atoms. The normalized spacial score (nSPS) is 11.4. The Morgan fingerprint density at radius 3 is 2.29 bits per heavy atom. The molecule has 0 aliphatic heterocycles. The van der Waals surface area contributed by atoms with Crippen LogP contribution in [0.15, 0.2) is 41.3 Å². The molecule has 0 amide bonds. The molecule has 0 aliphatic carbocycles. The van der Waals surface area contributed by atoms with E-state index in [9.17, 15) is 8.42 Å². The maximum Gasteiger partial charge on any atom is 0.238 e. The van der Waals surface area contributed by atoms with Crippen LogP contribution in [0.2, 0.25) is 5.02 Å². The molecule has 0 spiro atoms. The maximum absolute atomic E-state index is 11.4. The van der Waals surface area contributed by atoms with Gasteiger partial charge in [-0.2, -0.15) is 0 Å². The molecule has 0 heterocycles. The number of nitrogens with two attached hydrogens (primary N) is 1. The summed E-state index contributed by atoms with van der Waals surface area (Å²) in [5, 5.41) is 5.79. The summed E-state index contributed by atoms with van der Waals surface area (Å²) in [4.78, 5) is 0.0904. The van der Waals surface area contributed by atoms with Gasteiger partial charge in [0.25, 0.3) is 0 Å². The van der Waals surface area contributed by atoms with Crippen molar-refractivity contribution in [3.63, 3.8) is 0 Å². The lowest BCUT2D eigenvalue weighted by Gasteiger charge is -2.13. The molecule has 0 aromatic heterocycles. The van der Waals surface area contributed by atoms with Gasteiger partial charge in [0.2, 0.25) is 10.0 Å². The van der Waals surface area contributed by atoms with Crippen LogP contribution in [0.3, 0.4) is 0 Å². The quantitative estimate of drug-likeness (QED) is 0.938. The zero-order chi connectivity index (χ0) is 15.6. The van der Waals surface area contributed by atoms with Gasteiger partial charge in [-0.1, -0.05) is 23.7 Å². The van der Waals surface area contributed by atoms with Crippen LogP contribution in [0.4, 0.5) is 0 Å². The Kier molecular flexibility index (Phi) is 4.56. The third-order valence-electron chi connectivity index (χ3n) is 3.03. The van der Waals surface area contributed by atoms with E-state index in [0.717, 1.165) is 16.7 Å². The van der Waals surface area contributed by atoms with E-state index in [0.29, 0.717) is 17.4 Å². The molecule has 0 aliphatic rings. The van der Waals surface area contributed by atoms with Gasteiger partial charge in [0.05, 0.1) is 4.90 Å². The zero-order valence-electron chi connectivity index (χ0n) is 11.8. The van der Waals surface area contributed by atoms with Crippen LogP contribution in [0, 0.1) is 13.8 Å². The summed E-state index contributed by atoms with van der Waals surface area (Å²) < 4.78 is 28.6. The fourth-order valence-corrected chi connectivity index (χ4v) is 2.98. The van der Waals surface area contributed by atoms with Crippen molar-refractivity contribution in [3.8, 4) is 5.75 Å². The highest BCUT2D eigenvalue weighted by molar-refractivity contribution is 7.89. The molecule has 4 nitrogen and oxygen atoms in total. The molecule has 2 N–H and O–H groups in total. The minimum absolute atomic E-state index is 0.0904. The summed E-state index contributed by atoms with van der Waals surface area (Å²) in [7, 11) is -3.71. The standard InChI is InChI=1S/C15H16ClNO3S/c1-10-6-14(21(17,18)19)7-11(2)15(10)20-9-12-4-3-5-13(16)8-12/h3-8H,9H2,1-2H3,(H2,17,18,19). The first-order valence-corrected chi connectivity index (χ1v) is 8.21. The van der Waals surface area contributed by atoms with Crippen molar-refractivity contribution >= 4 is 21.6 Å². The Hall–Kier alpha value is -1.56. The van der Waals surface area contributed by atoms with Gasteiger partial charge >= 0.3 is 0 Å². The third-order valence-corrected chi connectivity index (χ3v) is 4.16. The highest BCUT2D eigenvalue weighted by Gasteiger charge is 2.13. The van der Waals surface area contributed by atoms with E-state index in [2.05, 4.69) is 0 Å². The van der Waals surface area contributed by atoms with Crippen LogP contribution in [0.1, 0.15) is 16.7 Å². The van der Waals surface area contributed by atoms with Crippen LogP contribution >= 0.6 is 11.6 Å². The molecule has 0 saturated heterocycles. The highest BCUT2D eigenvalue weighted by Crippen LogP contribution is 2.27. The Morgan fingerprint density at radius 1 is 1.14 bits per heavy atom. The number of halogens is 1. The molecule has 112 valence electrons. The van der Waals surface area contributed by atoms with Crippen molar-refractivity contribution in [2.75, 3.05) is 0 Å². The van der Waals surface area contributed by atoms with Crippen LogP contribution < -0.4 is 9.88 Å². The minimum atomic E-state index is -3.71. The number of hydrogen-bond donors (Lipinski definition) is 1. The number of aryl methyl sites for hydroxylation is 2. The summed E-state index contributed by atoms with van der Waals surface area (Å²) in [5.74, 6) is 0.655. The molecular formula is C15H16ClNO3S. The molecule has 2 rings (SSSR count). The average molecular weight is 326 g/mol. The second kappa shape index (κ2) is 6.05.